The highest BCUT2D eigenvalue weighted by Crippen LogP contribution is 2.80. The Hall–Kier alpha value is -0.530. The van der Waals surface area contributed by atoms with Crippen molar-refractivity contribution in [2.75, 3.05) is 6.61 Å². The van der Waals surface area contributed by atoms with Gasteiger partial charge in [-0.25, -0.2) is 0 Å². The van der Waals surface area contributed by atoms with Crippen LogP contribution in [0, 0.1) is 22.2 Å². The molecule has 0 amide bonds. The molecule has 4 bridgehead atoms. The van der Waals surface area contributed by atoms with Gasteiger partial charge < -0.3 is 25.2 Å². The fourth-order valence-electron chi connectivity index (χ4n) is 6.25. The van der Waals surface area contributed by atoms with Crippen LogP contribution in [0.1, 0.15) is 33.6 Å². The van der Waals surface area contributed by atoms with E-state index in [1.807, 2.05) is 0 Å². The molecule has 1 heterocycles. The predicted molar refractivity (Wildman–Crippen MR) is 69.9 cm³/mol. The highest BCUT2D eigenvalue weighted by Gasteiger charge is 2.93. The molecule has 5 aliphatic rings. The van der Waals surface area contributed by atoms with Crippen molar-refractivity contribution in [1.29, 1.82) is 0 Å². The molecule has 0 aromatic rings. The second-order valence-corrected chi connectivity index (χ2v) is 7.92. The van der Waals surface area contributed by atoms with E-state index in [1.54, 1.807) is 20.8 Å². The summed E-state index contributed by atoms with van der Waals surface area (Å²) in [6.07, 6.45) is -2.12. The van der Waals surface area contributed by atoms with Crippen molar-refractivity contribution in [2.24, 2.45) is 22.2 Å². The SMILES string of the molecule is C[C@@H]1CC(=O)[C@@]2(O)[C@@]13CC(O)C1(C)[C@](O)(OC[C@]12C)[C@@H]3O. The van der Waals surface area contributed by atoms with Crippen molar-refractivity contribution in [3.63, 3.8) is 0 Å². The fourth-order valence-corrected chi connectivity index (χ4v) is 6.25. The molecule has 6 nitrogen and oxygen atoms in total. The van der Waals surface area contributed by atoms with Gasteiger partial charge in [-0.1, -0.05) is 20.8 Å². The first-order valence-corrected chi connectivity index (χ1v) is 7.52. The Bertz CT molecular complexity index is 564. The number of fused-ring (bicyclic) bond motifs is 1. The minimum absolute atomic E-state index is 0.0647. The normalized spacial score (nSPS) is 68.5. The zero-order valence-electron chi connectivity index (χ0n) is 12.5. The first-order valence-electron chi connectivity index (χ1n) is 7.52. The molecule has 4 saturated carbocycles. The Labute approximate surface area is 122 Å². The van der Waals surface area contributed by atoms with Crippen LogP contribution < -0.4 is 0 Å². The van der Waals surface area contributed by atoms with E-state index < -0.39 is 39.8 Å². The van der Waals surface area contributed by atoms with E-state index in [4.69, 9.17) is 4.74 Å². The van der Waals surface area contributed by atoms with Crippen LogP contribution in [0.5, 0.6) is 0 Å². The summed E-state index contributed by atoms with van der Waals surface area (Å²) < 4.78 is 5.51. The summed E-state index contributed by atoms with van der Waals surface area (Å²) in [5.41, 5.74) is -5.47. The molecule has 1 aliphatic heterocycles. The number of aliphatic hydroxyl groups is 4. The fraction of sp³-hybridized carbons (Fsp3) is 0.933. The third kappa shape index (κ3) is 0.895. The van der Waals surface area contributed by atoms with Gasteiger partial charge in [-0.15, -0.1) is 0 Å². The van der Waals surface area contributed by atoms with Crippen molar-refractivity contribution in [3.8, 4) is 0 Å². The summed E-state index contributed by atoms with van der Waals surface area (Å²) in [6.45, 7) is 5.01. The molecular formula is C15H22O6. The van der Waals surface area contributed by atoms with Gasteiger partial charge >= 0.3 is 0 Å². The van der Waals surface area contributed by atoms with Crippen LogP contribution in [0.3, 0.4) is 0 Å². The number of ether oxygens (including phenoxy) is 1. The quantitative estimate of drug-likeness (QED) is 0.466. The Morgan fingerprint density at radius 3 is 2.48 bits per heavy atom. The number of Topliss-reactive ketones (excluding diaryl/α,β-unsaturated/α-hetero) is 1. The maximum absolute atomic E-state index is 12.6. The summed E-state index contributed by atoms with van der Waals surface area (Å²) in [6, 6.07) is 0. The summed E-state index contributed by atoms with van der Waals surface area (Å²) in [5.74, 6) is -2.59. The van der Waals surface area contributed by atoms with Crippen LogP contribution in [0.25, 0.3) is 0 Å². The molecule has 5 fully saturated rings. The average molecular weight is 298 g/mol. The van der Waals surface area contributed by atoms with Gasteiger partial charge in [0.05, 0.1) is 18.1 Å². The minimum atomic E-state index is -1.94. The van der Waals surface area contributed by atoms with Crippen LogP contribution in [-0.2, 0) is 9.53 Å². The van der Waals surface area contributed by atoms with Gasteiger partial charge in [0.25, 0.3) is 0 Å². The lowest BCUT2D eigenvalue weighted by Gasteiger charge is -2.71. The van der Waals surface area contributed by atoms with Crippen molar-refractivity contribution >= 4 is 5.78 Å². The largest absolute Gasteiger partial charge is 0.392 e. The summed E-state index contributed by atoms with van der Waals surface area (Å²) in [7, 11) is 0. The van der Waals surface area contributed by atoms with Crippen LogP contribution in [0.4, 0.5) is 0 Å². The van der Waals surface area contributed by atoms with Crippen LogP contribution in [0.15, 0.2) is 0 Å². The van der Waals surface area contributed by atoms with Gasteiger partial charge in [-0.2, -0.15) is 0 Å². The van der Waals surface area contributed by atoms with E-state index in [0.717, 1.165) is 0 Å². The lowest BCUT2D eigenvalue weighted by atomic mass is 9.34. The zero-order valence-corrected chi connectivity index (χ0v) is 12.5. The number of rotatable bonds is 0. The van der Waals surface area contributed by atoms with Gasteiger partial charge in [0.2, 0.25) is 5.79 Å². The topological polar surface area (TPSA) is 107 Å². The second kappa shape index (κ2) is 3.21. The van der Waals surface area contributed by atoms with E-state index in [2.05, 4.69) is 0 Å². The Kier molecular flexibility index (Phi) is 2.16. The standard InChI is InChI=1S/C15H22O6/c1-7-4-8(16)14(19)11(2)6-21-15(20)10(18)13(7,14)5-9(17)12(11,15)3/h7,9-10,17-20H,4-6H2,1-3H3/t7-,9?,10-,11-,12?,13+,14+,15-/m1/s1. The highest BCUT2D eigenvalue weighted by atomic mass is 16.7. The molecule has 1 spiro atoms. The van der Waals surface area contributed by atoms with E-state index in [9.17, 15) is 25.2 Å². The first-order chi connectivity index (χ1) is 9.54. The molecular weight excluding hydrogens is 276 g/mol. The second-order valence-electron chi connectivity index (χ2n) is 7.92. The van der Waals surface area contributed by atoms with Crippen LogP contribution in [0.2, 0.25) is 0 Å². The summed E-state index contributed by atoms with van der Waals surface area (Å²) in [5, 5.41) is 43.9. The Morgan fingerprint density at radius 1 is 1.24 bits per heavy atom. The van der Waals surface area contributed by atoms with Crippen molar-refractivity contribution in [1.82, 2.24) is 0 Å². The summed E-state index contributed by atoms with van der Waals surface area (Å²) >= 11 is 0. The van der Waals surface area contributed by atoms with Gasteiger partial charge in [-0.3, -0.25) is 4.79 Å². The predicted octanol–water partition coefficient (Wildman–Crippen LogP) is -0.817. The number of carbonyl (C=O) groups is 1. The van der Waals surface area contributed by atoms with Crippen molar-refractivity contribution < 1.29 is 30.0 Å². The molecule has 5 rings (SSSR count). The molecule has 0 aromatic carbocycles. The third-order valence-corrected chi connectivity index (χ3v) is 7.77. The van der Waals surface area contributed by atoms with E-state index in [1.165, 1.54) is 0 Å². The smallest absolute Gasteiger partial charge is 0.201 e. The van der Waals surface area contributed by atoms with Crippen molar-refractivity contribution in [2.45, 2.75) is 57.2 Å². The van der Waals surface area contributed by atoms with Gasteiger partial charge in [-0.05, 0) is 12.3 Å². The van der Waals surface area contributed by atoms with Gasteiger partial charge in [0, 0.05) is 17.3 Å². The Balaban J connectivity index is 2.12. The Morgan fingerprint density at radius 2 is 1.86 bits per heavy atom. The summed E-state index contributed by atoms with van der Waals surface area (Å²) in [4.78, 5) is 12.6. The number of hydrogen-bond acceptors (Lipinski definition) is 6. The molecule has 4 N–H and O–H groups in total. The number of ketones is 1. The molecule has 4 aliphatic carbocycles. The molecule has 2 unspecified atom stereocenters. The third-order valence-electron chi connectivity index (χ3n) is 7.77. The van der Waals surface area contributed by atoms with E-state index >= 15 is 0 Å². The van der Waals surface area contributed by atoms with Crippen LogP contribution >= 0.6 is 0 Å². The van der Waals surface area contributed by atoms with Crippen molar-refractivity contribution in [3.05, 3.63) is 0 Å². The number of carbonyl (C=O) groups excluding carboxylic acids is 1. The number of hydrogen-bond donors (Lipinski definition) is 4. The first kappa shape index (κ1) is 14.1. The average Bonchev–Trinajstić information content (AvgIpc) is 2.74. The van der Waals surface area contributed by atoms with Gasteiger partial charge in [0.15, 0.2) is 5.78 Å². The monoisotopic (exact) mass is 298 g/mol. The highest BCUT2D eigenvalue weighted by molar-refractivity contribution is 5.93. The minimum Gasteiger partial charge on any atom is -0.392 e. The number of aliphatic hydroxyl groups excluding tert-OH is 2. The van der Waals surface area contributed by atoms with E-state index in [-0.39, 0.29) is 31.1 Å². The molecule has 0 radical (unpaired) electrons. The maximum Gasteiger partial charge on any atom is 0.201 e. The molecule has 1 saturated heterocycles. The lowest BCUT2D eigenvalue weighted by molar-refractivity contribution is -0.406. The molecule has 21 heavy (non-hydrogen) atoms. The van der Waals surface area contributed by atoms with Crippen LogP contribution in [-0.4, -0.2) is 56.4 Å². The maximum atomic E-state index is 12.6. The molecule has 6 heteroatoms. The van der Waals surface area contributed by atoms with Gasteiger partial charge in [0.1, 0.15) is 11.7 Å². The van der Waals surface area contributed by atoms with E-state index in [0.29, 0.717) is 0 Å². The molecule has 118 valence electrons. The molecule has 8 atom stereocenters. The lowest BCUT2D eigenvalue weighted by Crippen LogP contribution is -2.85. The molecule has 0 aromatic heterocycles. The zero-order chi connectivity index (χ0) is 15.6.